The third kappa shape index (κ3) is 2.97. The molecule has 0 bridgehead atoms. The van der Waals surface area contributed by atoms with E-state index in [1.54, 1.807) is 7.11 Å². The van der Waals surface area contributed by atoms with Crippen molar-refractivity contribution in [3.05, 3.63) is 0 Å². The molecule has 4 heteroatoms. The molecule has 2 unspecified atom stereocenters. The highest BCUT2D eigenvalue weighted by atomic mass is 16.5. The van der Waals surface area contributed by atoms with E-state index in [0.717, 1.165) is 19.4 Å². The monoisotopic (exact) mass is 185 g/mol. The molecule has 4 nitrogen and oxygen atoms in total. The van der Waals surface area contributed by atoms with Gasteiger partial charge in [-0.25, -0.2) is 0 Å². The van der Waals surface area contributed by atoms with Crippen LogP contribution in [0.4, 0.5) is 0 Å². The van der Waals surface area contributed by atoms with Crippen LogP contribution in [-0.4, -0.2) is 43.1 Å². The summed E-state index contributed by atoms with van der Waals surface area (Å²) in [5, 5.41) is 7.22. The van der Waals surface area contributed by atoms with E-state index in [1.165, 1.54) is 0 Å². The maximum Gasteiger partial charge on any atom is 0.105 e. The molecular formula is C9H19N3O. The van der Waals surface area contributed by atoms with E-state index in [1.807, 2.05) is 0 Å². The van der Waals surface area contributed by atoms with Crippen molar-refractivity contribution in [1.82, 2.24) is 4.90 Å². The number of hydrogen-bond donors (Lipinski definition) is 2. The molecule has 3 N–H and O–H groups in total. The summed E-state index contributed by atoms with van der Waals surface area (Å²) in [4.78, 5) is 2.23. The average Bonchev–Trinajstić information content (AvgIpc) is 2.08. The molecular weight excluding hydrogens is 166 g/mol. The first-order valence-electron chi connectivity index (χ1n) is 4.73. The maximum atomic E-state index is 7.22. The molecule has 76 valence electrons. The largest absolute Gasteiger partial charge is 0.387 e. The summed E-state index contributed by atoms with van der Waals surface area (Å²) in [5.74, 6) is 0.253. The molecule has 0 aromatic heterocycles. The summed E-state index contributed by atoms with van der Waals surface area (Å²) >= 11 is 0. The minimum Gasteiger partial charge on any atom is -0.387 e. The number of rotatable bonds is 3. The number of nitrogens with one attached hydrogen (secondary N) is 1. The molecule has 0 spiro atoms. The van der Waals surface area contributed by atoms with Crippen LogP contribution in [0.5, 0.6) is 0 Å². The Kier molecular flexibility index (Phi) is 3.69. The van der Waals surface area contributed by atoms with Crippen molar-refractivity contribution < 1.29 is 4.74 Å². The van der Waals surface area contributed by atoms with Gasteiger partial charge >= 0.3 is 0 Å². The van der Waals surface area contributed by atoms with E-state index in [9.17, 15) is 0 Å². The molecule has 1 saturated heterocycles. The van der Waals surface area contributed by atoms with Crippen molar-refractivity contribution in [2.75, 3.05) is 20.2 Å². The van der Waals surface area contributed by atoms with Gasteiger partial charge in [-0.2, -0.15) is 0 Å². The summed E-state index contributed by atoms with van der Waals surface area (Å²) in [5.41, 5.74) is 5.36. The van der Waals surface area contributed by atoms with Crippen LogP contribution in [-0.2, 0) is 4.74 Å². The van der Waals surface area contributed by atoms with E-state index in [0.29, 0.717) is 18.7 Å². The molecule has 0 amide bonds. The molecule has 1 fully saturated rings. The zero-order chi connectivity index (χ0) is 9.84. The van der Waals surface area contributed by atoms with Crippen LogP contribution in [0.1, 0.15) is 19.8 Å². The molecule has 0 saturated carbocycles. The number of piperidine rings is 1. The van der Waals surface area contributed by atoms with Crippen LogP contribution < -0.4 is 5.73 Å². The Morgan fingerprint density at radius 1 is 1.69 bits per heavy atom. The molecule has 1 heterocycles. The summed E-state index contributed by atoms with van der Waals surface area (Å²) < 4.78 is 5.30. The van der Waals surface area contributed by atoms with E-state index in [4.69, 9.17) is 15.9 Å². The predicted octanol–water partition coefficient (Wildman–Crippen LogP) is 0.422. The third-order valence-corrected chi connectivity index (χ3v) is 2.67. The van der Waals surface area contributed by atoms with Crippen molar-refractivity contribution in [2.24, 2.45) is 5.73 Å². The number of amidine groups is 1. The van der Waals surface area contributed by atoms with Gasteiger partial charge in [0.05, 0.1) is 12.6 Å². The van der Waals surface area contributed by atoms with Crippen LogP contribution in [0.2, 0.25) is 0 Å². The average molecular weight is 185 g/mol. The van der Waals surface area contributed by atoms with Gasteiger partial charge in [-0.1, -0.05) is 0 Å². The smallest absolute Gasteiger partial charge is 0.105 e. The fraction of sp³-hybridized carbons (Fsp3) is 0.889. The van der Waals surface area contributed by atoms with Crippen LogP contribution in [0.15, 0.2) is 0 Å². The van der Waals surface area contributed by atoms with E-state index >= 15 is 0 Å². The molecule has 1 aliphatic rings. The molecule has 0 radical (unpaired) electrons. The highest BCUT2D eigenvalue weighted by Gasteiger charge is 2.25. The van der Waals surface area contributed by atoms with E-state index in [2.05, 4.69) is 11.8 Å². The Bertz CT molecular complexity index is 184. The van der Waals surface area contributed by atoms with Crippen molar-refractivity contribution in [3.63, 3.8) is 0 Å². The Labute approximate surface area is 79.6 Å². The Morgan fingerprint density at radius 3 is 2.85 bits per heavy atom. The van der Waals surface area contributed by atoms with Gasteiger partial charge in [-0.15, -0.1) is 0 Å². The molecule has 2 atom stereocenters. The number of ether oxygens (including phenoxy) is 1. The summed E-state index contributed by atoms with van der Waals surface area (Å²) in [6.45, 7) is 3.74. The number of methoxy groups -OCH3 is 1. The van der Waals surface area contributed by atoms with Crippen molar-refractivity contribution >= 4 is 5.84 Å². The van der Waals surface area contributed by atoms with Crippen LogP contribution >= 0.6 is 0 Å². The normalized spacial score (nSPS) is 30.3. The first-order valence-corrected chi connectivity index (χ1v) is 4.73. The lowest BCUT2D eigenvalue weighted by Gasteiger charge is -2.36. The molecule has 0 aliphatic carbocycles. The lowest BCUT2D eigenvalue weighted by Crippen LogP contribution is -2.46. The fourth-order valence-corrected chi connectivity index (χ4v) is 1.85. The summed E-state index contributed by atoms with van der Waals surface area (Å²) in [7, 11) is 1.76. The molecule has 0 aromatic rings. The van der Waals surface area contributed by atoms with Gasteiger partial charge in [-0.05, 0) is 19.8 Å². The number of nitrogens with zero attached hydrogens (tertiary/aromatic N) is 1. The van der Waals surface area contributed by atoms with Gasteiger partial charge in [0.1, 0.15) is 5.84 Å². The molecule has 1 rings (SSSR count). The SMILES string of the molecule is COC1CCN(CC(=N)N)C(C)C1. The fourth-order valence-electron chi connectivity index (χ4n) is 1.85. The van der Waals surface area contributed by atoms with E-state index in [-0.39, 0.29) is 5.84 Å². The molecule has 13 heavy (non-hydrogen) atoms. The van der Waals surface area contributed by atoms with Gasteiger partial charge in [0.15, 0.2) is 0 Å². The second-order valence-corrected chi connectivity index (χ2v) is 3.73. The second kappa shape index (κ2) is 4.58. The number of likely N-dealkylation sites (tertiary alicyclic amines) is 1. The highest BCUT2D eigenvalue weighted by Crippen LogP contribution is 2.18. The van der Waals surface area contributed by atoms with Crippen LogP contribution in [0, 0.1) is 5.41 Å². The Balaban J connectivity index is 2.39. The Morgan fingerprint density at radius 2 is 2.38 bits per heavy atom. The first kappa shape index (κ1) is 10.5. The minimum absolute atomic E-state index is 0.253. The summed E-state index contributed by atoms with van der Waals surface area (Å²) in [6.07, 6.45) is 2.48. The van der Waals surface area contributed by atoms with Crippen LogP contribution in [0.3, 0.4) is 0 Å². The van der Waals surface area contributed by atoms with E-state index < -0.39 is 0 Å². The maximum absolute atomic E-state index is 7.22. The van der Waals surface area contributed by atoms with Gasteiger partial charge < -0.3 is 10.5 Å². The van der Waals surface area contributed by atoms with Crippen molar-refractivity contribution in [2.45, 2.75) is 31.9 Å². The zero-order valence-corrected chi connectivity index (χ0v) is 8.42. The zero-order valence-electron chi connectivity index (χ0n) is 8.42. The standard InChI is InChI=1S/C9H19N3O/c1-7-5-8(13-2)3-4-12(7)6-9(10)11/h7-8H,3-6H2,1-2H3,(H3,10,11). The lowest BCUT2D eigenvalue weighted by atomic mass is 10.0. The number of nitrogens with two attached hydrogens (primary N) is 1. The quantitative estimate of drug-likeness (QED) is 0.495. The molecule has 0 aromatic carbocycles. The van der Waals surface area contributed by atoms with Gasteiger partial charge in [-0.3, -0.25) is 10.3 Å². The van der Waals surface area contributed by atoms with Crippen molar-refractivity contribution in [1.29, 1.82) is 5.41 Å². The minimum atomic E-state index is 0.253. The first-order chi connectivity index (χ1) is 6.13. The van der Waals surface area contributed by atoms with Gasteiger partial charge in [0.25, 0.3) is 0 Å². The molecule has 1 aliphatic heterocycles. The topological polar surface area (TPSA) is 62.3 Å². The lowest BCUT2D eigenvalue weighted by molar-refractivity contribution is 0.0216. The van der Waals surface area contributed by atoms with Gasteiger partial charge in [0, 0.05) is 19.7 Å². The summed E-state index contributed by atoms with van der Waals surface area (Å²) in [6, 6.07) is 0.475. The second-order valence-electron chi connectivity index (χ2n) is 3.73. The van der Waals surface area contributed by atoms with Crippen molar-refractivity contribution in [3.8, 4) is 0 Å². The highest BCUT2D eigenvalue weighted by molar-refractivity contribution is 5.78. The third-order valence-electron chi connectivity index (χ3n) is 2.67. The number of hydrogen-bond acceptors (Lipinski definition) is 3. The predicted molar refractivity (Wildman–Crippen MR) is 53.0 cm³/mol. The Hall–Kier alpha value is -0.610. The van der Waals surface area contributed by atoms with Gasteiger partial charge in [0.2, 0.25) is 0 Å². The van der Waals surface area contributed by atoms with Crippen LogP contribution in [0.25, 0.3) is 0 Å².